The highest BCUT2D eigenvalue weighted by molar-refractivity contribution is 5.52. The normalized spacial score (nSPS) is 20.6. The van der Waals surface area contributed by atoms with Gasteiger partial charge in [-0.05, 0) is 18.8 Å². The summed E-state index contributed by atoms with van der Waals surface area (Å²) in [4.78, 5) is 13.1. The van der Waals surface area contributed by atoms with Crippen LogP contribution in [0.4, 0.5) is 17.6 Å². The van der Waals surface area contributed by atoms with Crippen molar-refractivity contribution in [3.8, 4) is 0 Å². The van der Waals surface area contributed by atoms with Crippen LogP contribution in [-0.4, -0.2) is 47.6 Å². The molecule has 2 fully saturated rings. The number of nitrogens with two attached hydrogens (primary N) is 2. The van der Waals surface area contributed by atoms with Crippen molar-refractivity contribution in [2.75, 3.05) is 48.8 Å². The molecule has 0 unspecified atom stereocenters. The molecule has 0 atom stereocenters. The van der Waals surface area contributed by atoms with Gasteiger partial charge < -0.3 is 16.1 Å². The highest BCUT2D eigenvalue weighted by Crippen LogP contribution is 2.30. The largest absolute Gasteiger partial charge is 0.368 e. The molecule has 2 aliphatic rings. The summed E-state index contributed by atoms with van der Waals surface area (Å²) in [5, 5.41) is 0. The maximum absolute atomic E-state index is 5.69. The fourth-order valence-corrected chi connectivity index (χ4v) is 2.51. The van der Waals surface area contributed by atoms with Gasteiger partial charge in [0.25, 0.3) is 0 Å². The van der Waals surface area contributed by atoms with Gasteiger partial charge in [0.15, 0.2) is 0 Å². The van der Waals surface area contributed by atoms with Gasteiger partial charge in [-0.1, -0.05) is 0 Å². The van der Waals surface area contributed by atoms with E-state index in [4.69, 9.17) is 11.6 Å². The Morgan fingerprint density at radius 1 is 1.21 bits per heavy atom. The molecule has 7 nitrogen and oxygen atoms in total. The summed E-state index contributed by atoms with van der Waals surface area (Å²) in [5.41, 5.74) is 8.21. The third kappa shape index (κ3) is 3.05. The smallest absolute Gasteiger partial charge is 0.223 e. The van der Waals surface area contributed by atoms with Crippen LogP contribution >= 0.6 is 0 Å². The van der Waals surface area contributed by atoms with E-state index in [1.165, 1.54) is 19.4 Å². The Morgan fingerprint density at radius 3 is 2.58 bits per heavy atom. The van der Waals surface area contributed by atoms with Crippen LogP contribution in [0.2, 0.25) is 0 Å². The number of aromatic nitrogens is 2. The molecule has 0 bridgehead atoms. The molecular formula is C12H21N7. The Hall–Kier alpha value is -1.60. The number of nitrogens with one attached hydrogen (secondary N) is 1. The second kappa shape index (κ2) is 5.18. The van der Waals surface area contributed by atoms with E-state index in [-0.39, 0.29) is 5.95 Å². The molecule has 19 heavy (non-hydrogen) atoms. The first-order valence-electron chi connectivity index (χ1n) is 6.83. The number of piperazine rings is 1. The summed E-state index contributed by atoms with van der Waals surface area (Å²) in [6.45, 7) is 5.40. The lowest BCUT2D eigenvalue weighted by atomic mass is 10.2. The van der Waals surface area contributed by atoms with Crippen LogP contribution in [0.15, 0.2) is 6.07 Å². The molecule has 1 aromatic rings. The van der Waals surface area contributed by atoms with Crippen molar-refractivity contribution in [2.24, 2.45) is 11.8 Å². The average molecular weight is 263 g/mol. The summed E-state index contributed by atoms with van der Waals surface area (Å²) >= 11 is 0. The van der Waals surface area contributed by atoms with E-state index in [9.17, 15) is 0 Å². The summed E-state index contributed by atoms with van der Waals surface area (Å²) in [6, 6.07) is 1.84. The summed E-state index contributed by atoms with van der Waals surface area (Å²) in [7, 11) is 0. The van der Waals surface area contributed by atoms with Gasteiger partial charge in [-0.2, -0.15) is 9.97 Å². The first kappa shape index (κ1) is 12.4. The van der Waals surface area contributed by atoms with Gasteiger partial charge in [0.2, 0.25) is 5.95 Å². The summed E-state index contributed by atoms with van der Waals surface area (Å²) in [5.74, 6) is 8.00. The molecule has 0 aromatic carbocycles. The lowest BCUT2D eigenvalue weighted by molar-refractivity contribution is 0.247. The van der Waals surface area contributed by atoms with Crippen molar-refractivity contribution in [1.29, 1.82) is 0 Å². The lowest BCUT2D eigenvalue weighted by Gasteiger charge is -2.35. The zero-order valence-electron chi connectivity index (χ0n) is 11.0. The van der Waals surface area contributed by atoms with Gasteiger partial charge in [0.05, 0.1) is 0 Å². The first-order valence-corrected chi connectivity index (χ1v) is 6.83. The van der Waals surface area contributed by atoms with Crippen molar-refractivity contribution < 1.29 is 0 Å². The highest BCUT2D eigenvalue weighted by atomic mass is 15.3. The van der Waals surface area contributed by atoms with Crippen LogP contribution < -0.4 is 21.9 Å². The van der Waals surface area contributed by atoms with Crippen molar-refractivity contribution in [2.45, 2.75) is 12.8 Å². The summed E-state index contributed by atoms with van der Waals surface area (Å²) in [6.07, 6.45) is 2.82. The van der Waals surface area contributed by atoms with Crippen LogP contribution in [0, 0.1) is 5.92 Å². The van der Waals surface area contributed by atoms with Crippen molar-refractivity contribution in [1.82, 2.24) is 14.9 Å². The third-order valence-corrected chi connectivity index (χ3v) is 3.79. The number of nitrogen functional groups attached to an aromatic ring is 2. The molecule has 2 heterocycles. The lowest BCUT2D eigenvalue weighted by Crippen LogP contribution is -2.47. The average Bonchev–Trinajstić information content (AvgIpc) is 3.23. The zero-order chi connectivity index (χ0) is 13.2. The molecule has 5 N–H and O–H groups in total. The Balaban J connectivity index is 1.62. The first-order chi connectivity index (χ1) is 9.24. The molecular weight excluding hydrogens is 242 g/mol. The topological polar surface area (TPSA) is 96.3 Å². The molecule has 7 heteroatoms. The molecule has 1 saturated carbocycles. The standard InChI is InChI=1S/C12H21N7/c13-12-15-10(17-14)7-11(16-12)19-5-3-18(4-6-19)8-9-1-2-9/h7,9H,1-6,8,14H2,(H3,13,15,16,17). The Labute approximate surface area is 112 Å². The van der Waals surface area contributed by atoms with E-state index in [0.717, 1.165) is 37.9 Å². The number of anilines is 3. The van der Waals surface area contributed by atoms with E-state index < -0.39 is 0 Å². The van der Waals surface area contributed by atoms with Crippen LogP contribution in [0.3, 0.4) is 0 Å². The van der Waals surface area contributed by atoms with Crippen molar-refractivity contribution >= 4 is 17.6 Å². The fourth-order valence-electron chi connectivity index (χ4n) is 2.51. The van der Waals surface area contributed by atoms with Crippen LogP contribution in [0.1, 0.15) is 12.8 Å². The maximum Gasteiger partial charge on any atom is 0.223 e. The van der Waals surface area contributed by atoms with Crippen LogP contribution in [0.5, 0.6) is 0 Å². The molecule has 0 spiro atoms. The quantitative estimate of drug-likeness (QED) is 0.514. The number of nitrogens with zero attached hydrogens (tertiary/aromatic N) is 4. The third-order valence-electron chi connectivity index (χ3n) is 3.79. The van der Waals surface area contributed by atoms with E-state index in [0.29, 0.717) is 5.82 Å². The predicted octanol–water partition coefficient (Wildman–Crippen LogP) is -0.124. The SMILES string of the molecule is NNc1cc(N2CCN(CC3CC3)CC2)nc(N)n1. The number of hydrazine groups is 1. The molecule has 3 rings (SSSR count). The Morgan fingerprint density at radius 2 is 1.95 bits per heavy atom. The fraction of sp³-hybridized carbons (Fsp3) is 0.667. The number of hydrogen-bond donors (Lipinski definition) is 3. The second-order valence-electron chi connectivity index (χ2n) is 5.34. The van der Waals surface area contributed by atoms with Gasteiger partial charge in [-0.15, -0.1) is 0 Å². The summed E-state index contributed by atoms with van der Waals surface area (Å²) < 4.78 is 0. The second-order valence-corrected chi connectivity index (χ2v) is 5.34. The van der Waals surface area contributed by atoms with Gasteiger partial charge >= 0.3 is 0 Å². The van der Waals surface area contributed by atoms with E-state index >= 15 is 0 Å². The minimum absolute atomic E-state index is 0.255. The molecule has 1 aliphatic carbocycles. The number of rotatable bonds is 4. The predicted molar refractivity (Wildman–Crippen MR) is 75.6 cm³/mol. The Kier molecular flexibility index (Phi) is 3.39. The van der Waals surface area contributed by atoms with Crippen molar-refractivity contribution in [3.63, 3.8) is 0 Å². The van der Waals surface area contributed by atoms with Crippen LogP contribution in [0.25, 0.3) is 0 Å². The van der Waals surface area contributed by atoms with Gasteiger partial charge in [-0.25, -0.2) is 5.84 Å². The zero-order valence-corrected chi connectivity index (χ0v) is 11.0. The minimum atomic E-state index is 0.255. The highest BCUT2D eigenvalue weighted by Gasteiger charge is 2.26. The minimum Gasteiger partial charge on any atom is -0.368 e. The monoisotopic (exact) mass is 263 g/mol. The Bertz CT molecular complexity index is 438. The number of hydrogen-bond acceptors (Lipinski definition) is 7. The van der Waals surface area contributed by atoms with Gasteiger partial charge in [-0.3, -0.25) is 4.90 Å². The molecule has 1 aliphatic heterocycles. The molecule has 104 valence electrons. The van der Waals surface area contributed by atoms with Gasteiger partial charge in [0.1, 0.15) is 11.6 Å². The van der Waals surface area contributed by atoms with Crippen LogP contribution in [-0.2, 0) is 0 Å². The van der Waals surface area contributed by atoms with E-state index in [1.807, 2.05) is 6.07 Å². The van der Waals surface area contributed by atoms with E-state index in [2.05, 4.69) is 25.2 Å². The maximum atomic E-state index is 5.69. The molecule has 0 radical (unpaired) electrons. The molecule has 0 amide bonds. The van der Waals surface area contributed by atoms with E-state index in [1.54, 1.807) is 0 Å². The molecule has 1 saturated heterocycles. The van der Waals surface area contributed by atoms with Gasteiger partial charge in [0, 0.05) is 38.8 Å². The van der Waals surface area contributed by atoms with Crippen molar-refractivity contribution in [3.05, 3.63) is 6.07 Å². The molecule has 1 aromatic heterocycles.